The first-order chi connectivity index (χ1) is 9.56. The van der Waals surface area contributed by atoms with Gasteiger partial charge in [0.15, 0.2) is 0 Å². The summed E-state index contributed by atoms with van der Waals surface area (Å²) >= 11 is 0. The van der Waals surface area contributed by atoms with Crippen LogP contribution in [-0.4, -0.2) is 45.7 Å². The van der Waals surface area contributed by atoms with Gasteiger partial charge in [0.2, 0.25) is 5.95 Å². The lowest BCUT2D eigenvalue weighted by atomic mass is 10.3. The van der Waals surface area contributed by atoms with Crippen LogP contribution in [0, 0.1) is 10.1 Å². The van der Waals surface area contributed by atoms with Crippen LogP contribution >= 0.6 is 0 Å². The van der Waals surface area contributed by atoms with E-state index in [0.717, 1.165) is 0 Å². The van der Waals surface area contributed by atoms with Crippen molar-refractivity contribution in [1.29, 1.82) is 0 Å². The Balaban J connectivity index is 1.93. The molecule has 0 bridgehead atoms. The molecular formula is C12H17N5O3. The Bertz CT molecular complexity index is 596. The number of aromatic nitrogens is 2. The fourth-order valence-corrected chi connectivity index (χ4v) is 1.78. The van der Waals surface area contributed by atoms with Crippen LogP contribution in [0.1, 0.15) is 6.92 Å². The van der Waals surface area contributed by atoms with Gasteiger partial charge >= 0.3 is 0 Å². The molecule has 0 saturated carbocycles. The average Bonchev–Trinajstić information content (AvgIpc) is 2.79. The largest absolute Gasteiger partial charge is 0.392 e. The van der Waals surface area contributed by atoms with Crippen molar-refractivity contribution < 1.29 is 10.0 Å². The zero-order valence-electron chi connectivity index (χ0n) is 11.1. The molecule has 4 N–H and O–H groups in total. The Kier molecular flexibility index (Phi) is 4.49. The summed E-state index contributed by atoms with van der Waals surface area (Å²) in [5.74, 6) is 0.569. The van der Waals surface area contributed by atoms with Gasteiger partial charge in [-0.05, 0) is 13.0 Å². The molecule has 0 aliphatic rings. The average molecular weight is 279 g/mol. The molecule has 1 unspecified atom stereocenters. The summed E-state index contributed by atoms with van der Waals surface area (Å²) in [6, 6.07) is 4.50. The number of aromatic amines is 1. The van der Waals surface area contributed by atoms with E-state index >= 15 is 0 Å². The molecule has 2 aromatic rings. The summed E-state index contributed by atoms with van der Waals surface area (Å²) in [5.41, 5.74) is 1.33. The first kappa shape index (κ1) is 14.2. The van der Waals surface area contributed by atoms with Gasteiger partial charge in [0.1, 0.15) is 0 Å². The number of benzene rings is 1. The Morgan fingerprint density at radius 3 is 3.00 bits per heavy atom. The lowest BCUT2D eigenvalue weighted by Gasteiger charge is -2.06. The summed E-state index contributed by atoms with van der Waals surface area (Å²) in [6.45, 7) is 3.57. The highest BCUT2D eigenvalue weighted by Crippen LogP contribution is 2.20. The van der Waals surface area contributed by atoms with E-state index in [0.29, 0.717) is 36.6 Å². The second-order valence-electron chi connectivity index (χ2n) is 4.52. The lowest BCUT2D eigenvalue weighted by Crippen LogP contribution is -2.29. The maximum atomic E-state index is 10.7. The van der Waals surface area contributed by atoms with Crippen molar-refractivity contribution in [3.8, 4) is 0 Å². The van der Waals surface area contributed by atoms with Crippen LogP contribution in [0.3, 0.4) is 0 Å². The number of rotatable bonds is 7. The van der Waals surface area contributed by atoms with Gasteiger partial charge in [0, 0.05) is 31.8 Å². The number of nitro groups is 1. The van der Waals surface area contributed by atoms with Gasteiger partial charge in [-0.1, -0.05) is 0 Å². The summed E-state index contributed by atoms with van der Waals surface area (Å²) in [5, 5.41) is 25.9. The Morgan fingerprint density at radius 2 is 2.30 bits per heavy atom. The van der Waals surface area contributed by atoms with Crippen LogP contribution in [0.15, 0.2) is 18.2 Å². The minimum atomic E-state index is -0.437. The van der Waals surface area contributed by atoms with Gasteiger partial charge in [0.05, 0.1) is 22.1 Å². The van der Waals surface area contributed by atoms with E-state index in [9.17, 15) is 10.1 Å². The van der Waals surface area contributed by atoms with Crippen molar-refractivity contribution in [3.63, 3.8) is 0 Å². The lowest BCUT2D eigenvalue weighted by molar-refractivity contribution is -0.384. The van der Waals surface area contributed by atoms with Crippen LogP contribution < -0.4 is 10.6 Å². The van der Waals surface area contributed by atoms with Gasteiger partial charge in [-0.2, -0.15) is 0 Å². The molecule has 0 aliphatic heterocycles. The molecule has 0 saturated heterocycles. The highest BCUT2D eigenvalue weighted by Gasteiger charge is 2.09. The number of nitrogens with one attached hydrogen (secondary N) is 3. The molecule has 0 fully saturated rings. The van der Waals surface area contributed by atoms with E-state index in [1.807, 2.05) is 0 Å². The number of aliphatic hydroxyl groups is 1. The van der Waals surface area contributed by atoms with Crippen molar-refractivity contribution in [2.45, 2.75) is 13.0 Å². The van der Waals surface area contributed by atoms with Crippen molar-refractivity contribution >= 4 is 22.7 Å². The molecule has 8 nitrogen and oxygen atoms in total. The van der Waals surface area contributed by atoms with Crippen LogP contribution in [0.25, 0.3) is 11.0 Å². The number of hydrogen-bond acceptors (Lipinski definition) is 6. The number of imidazole rings is 1. The Morgan fingerprint density at radius 1 is 1.50 bits per heavy atom. The Labute approximate surface area is 115 Å². The summed E-state index contributed by atoms with van der Waals surface area (Å²) < 4.78 is 0. The summed E-state index contributed by atoms with van der Waals surface area (Å²) in [6.07, 6.45) is -0.373. The fourth-order valence-electron chi connectivity index (χ4n) is 1.78. The number of non-ortho nitro benzene ring substituents is 1. The van der Waals surface area contributed by atoms with Gasteiger partial charge in [-0.3, -0.25) is 10.1 Å². The maximum absolute atomic E-state index is 10.7. The molecule has 20 heavy (non-hydrogen) atoms. The zero-order chi connectivity index (χ0) is 14.5. The normalized spacial score (nSPS) is 12.5. The molecular weight excluding hydrogens is 262 g/mol. The van der Waals surface area contributed by atoms with Crippen LogP contribution in [0.2, 0.25) is 0 Å². The number of fused-ring (bicyclic) bond motifs is 1. The third-order valence-corrected chi connectivity index (χ3v) is 2.71. The highest BCUT2D eigenvalue weighted by atomic mass is 16.6. The van der Waals surface area contributed by atoms with Crippen molar-refractivity contribution in [2.75, 3.05) is 25.0 Å². The van der Waals surface area contributed by atoms with Crippen molar-refractivity contribution in [3.05, 3.63) is 28.3 Å². The first-order valence-corrected chi connectivity index (χ1v) is 6.33. The molecule has 8 heteroatoms. The van der Waals surface area contributed by atoms with Crippen LogP contribution in [0.5, 0.6) is 0 Å². The van der Waals surface area contributed by atoms with Crippen molar-refractivity contribution in [2.24, 2.45) is 0 Å². The number of anilines is 1. The molecule has 1 aromatic carbocycles. The smallest absolute Gasteiger partial charge is 0.271 e. The molecule has 0 spiro atoms. The first-order valence-electron chi connectivity index (χ1n) is 6.33. The second-order valence-corrected chi connectivity index (χ2v) is 4.52. The van der Waals surface area contributed by atoms with E-state index in [2.05, 4.69) is 20.6 Å². The van der Waals surface area contributed by atoms with E-state index in [1.54, 1.807) is 13.0 Å². The molecule has 0 radical (unpaired) electrons. The van der Waals surface area contributed by atoms with E-state index in [1.165, 1.54) is 12.1 Å². The molecule has 1 heterocycles. The topological polar surface area (TPSA) is 116 Å². The number of nitro benzene ring substituents is 1. The minimum absolute atomic E-state index is 0.0336. The number of H-pyrrole nitrogens is 1. The predicted molar refractivity (Wildman–Crippen MR) is 75.8 cm³/mol. The third kappa shape index (κ3) is 3.65. The second kappa shape index (κ2) is 6.31. The maximum Gasteiger partial charge on any atom is 0.271 e. The van der Waals surface area contributed by atoms with E-state index < -0.39 is 4.92 Å². The van der Waals surface area contributed by atoms with Crippen LogP contribution in [-0.2, 0) is 0 Å². The van der Waals surface area contributed by atoms with Gasteiger partial charge in [0.25, 0.3) is 5.69 Å². The molecule has 1 atom stereocenters. The fraction of sp³-hybridized carbons (Fsp3) is 0.417. The van der Waals surface area contributed by atoms with E-state index in [-0.39, 0.29) is 11.8 Å². The third-order valence-electron chi connectivity index (χ3n) is 2.71. The molecule has 2 rings (SSSR count). The standard InChI is InChI=1S/C12H17N5O3/c1-8(18)7-13-4-5-14-12-15-10-3-2-9(17(19)20)6-11(10)16-12/h2-3,6,8,13,18H,4-5,7H2,1H3,(H2,14,15,16). The summed E-state index contributed by atoms with van der Waals surface area (Å²) in [7, 11) is 0. The number of aliphatic hydroxyl groups excluding tert-OH is 1. The summed E-state index contributed by atoms with van der Waals surface area (Å²) in [4.78, 5) is 17.5. The molecule has 1 aromatic heterocycles. The van der Waals surface area contributed by atoms with E-state index in [4.69, 9.17) is 5.11 Å². The van der Waals surface area contributed by atoms with Crippen LogP contribution in [0.4, 0.5) is 11.6 Å². The number of nitrogens with zero attached hydrogens (tertiary/aromatic N) is 2. The Hall–Kier alpha value is -2.19. The minimum Gasteiger partial charge on any atom is -0.392 e. The van der Waals surface area contributed by atoms with Crippen molar-refractivity contribution in [1.82, 2.24) is 15.3 Å². The van der Waals surface area contributed by atoms with Gasteiger partial charge in [-0.25, -0.2) is 4.98 Å². The van der Waals surface area contributed by atoms with Gasteiger partial charge < -0.3 is 20.7 Å². The predicted octanol–water partition coefficient (Wildman–Crippen LogP) is 0.853. The molecule has 0 aliphatic carbocycles. The highest BCUT2D eigenvalue weighted by molar-refractivity contribution is 5.79. The SMILES string of the molecule is CC(O)CNCCNc1nc2ccc([N+](=O)[O-])cc2[nH]1. The monoisotopic (exact) mass is 279 g/mol. The molecule has 0 amide bonds. The van der Waals surface area contributed by atoms with Gasteiger partial charge in [-0.15, -0.1) is 0 Å². The zero-order valence-corrected chi connectivity index (χ0v) is 11.1. The molecule has 108 valence electrons. The quantitative estimate of drug-likeness (QED) is 0.339. The number of hydrogen-bond donors (Lipinski definition) is 4.